The molecule has 3 rings (SSSR count). The molecule has 3 heteroatoms. The van der Waals surface area contributed by atoms with Crippen molar-refractivity contribution in [1.82, 2.24) is 5.32 Å². The first-order chi connectivity index (χ1) is 9.72. The van der Waals surface area contributed by atoms with Crippen LogP contribution in [-0.2, 0) is 0 Å². The first-order valence-electron chi connectivity index (χ1n) is 8.66. The van der Waals surface area contributed by atoms with Crippen LogP contribution in [0.1, 0.15) is 65.2 Å². The molecule has 1 N–H and O–H groups in total. The smallest absolute Gasteiger partial charge is 0.156 e. The van der Waals surface area contributed by atoms with Crippen LogP contribution in [0, 0.1) is 17.3 Å². The lowest BCUT2D eigenvalue weighted by Gasteiger charge is -2.39. The first kappa shape index (κ1) is 14.7. The Morgan fingerprint density at radius 1 is 1.25 bits per heavy atom. The van der Waals surface area contributed by atoms with Gasteiger partial charge in [-0.05, 0) is 42.9 Å². The van der Waals surface area contributed by atoms with Crippen LogP contribution in [0.15, 0.2) is 4.99 Å². The molecule has 0 aromatic carbocycles. The lowest BCUT2D eigenvalue weighted by molar-refractivity contribution is 0.232. The van der Waals surface area contributed by atoms with Crippen LogP contribution in [0.25, 0.3) is 0 Å². The van der Waals surface area contributed by atoms with E-state index < -0.39 is 0 Å². The minimum absolute atomic E-state index is 0.557. The maximum atomic E-state index is 4.92. The van der Waals surface area contributed by atoms with E-state index in [1.807, 2.05) is 11.8 Å². The molecule has 2 aliphatic carbocycles. The summed E-state index contributed by atoms with van der Waals surface area (Å²) in [4.78, 5) is 4.92. The summed E-state index contributed by atoms with van der Waals surface area (Å²) in [6, 6.07) is 0.673. The average Bonchev–Trinajstić information content (AvgIpc) is 2.83. The highest BCUT2D eigenvalue weighted by atomic mass is 32.2. The molecule has 1 heterocycles. The number of hydrogen-bond donors (Lipinski definition) is 1. The van der Waals surface area contributed by atoms with Crippen LogP contribution in [0.4, 0.5) is 0 Å². The Balaban J connectivity index is 1.55. The van der Waals surface area contributed by atoms with Crippen molar-refractivity contribution in [3.63, 3.8) is 0 Å². The molecule has 114 valence electrons. The van der Waals surface area contributed by atoms with E-state index in [4.69, 9.17) is 4.99 Å². The van der Waals surface area contributed by atoms with Gasteiger partial charge in [0.2, 0.25) is 0 Å². The standard InChI is InChI=1S/C17H30N2S/c1-3-14-7-8-15(13(14)2)19-16-18-11-17(12-20-16)9-5-4-6-10-17/h13-15H,3-12H2,1-2H3,(H,18,19). The topological polar surface area (TPSA) is 24.4 Å². The molecular formula is C17H30N2S. The first-order valence-corrected chi connectivity index (χ1v) is 9.65. The molecular weight excluding hydrogens is 264 g/mol. The molecule has 0 amide bonds. The van der Waals surface area contributed by atoms with Crippen LogP contribution >= 0.6 is 11.8 Å². The van der Waals surface area contributed by atoms with E-state index in [2.05, 4.69) is 19.2 Å². The number of thioether (sulfide) groups is 1. The van der Waals surface area contributed by atoms with Gasteiger partial charge < -0.3 is 5.32 Å². The zero-order valence-electron chi connectivity index (χ0n) is 13.2. The second kappa shape index (κ2) is 6.29. The molecule has 0 bridgehead atoms. The van der Waals surface area contributed by atoms with Gasteiger partial charge in [-0.3, -0.25) is 4.99 Å². The summed E-state index contributed by atoms with van der Waals surface area (Å²) in [5.74, 6) is 3.04. The van der Waals surface area contributed by atoms with Gasteiger partial charge in [0, 0.05) is 18.3 Å². The monoisotopic (exact) mass is 294 g/mol. The van der Waals surface area contributed by atoms with E-state index in [-0.39, 0.29) is 0 Å². The normalized spacial score (nSPS) is 36.9. The summed E-state index contributed by atoms with van der Waals surface area (Å²) in [7, 11) is 0. The van der Waals surface area contributed by atoms with Gasteiger partial charge in [0.25, 0.3) is 0 Å². The Kier molecular flexibility index (Phi) is 4.64. The zero-order chi connectivity index (χ0) is 14.0. The molecule has 20 heavy (non-hydrogen) atoms. The van der Waals surface area contributed by atoms with Crippen molar-refractivity contribution in [3.8, 4) is 0 Å². The van der Waals surface area contributed by atoms with Gasteiger partial charge in [0.1, 0.15) is 0 Å². The Morgan fingerprint density at radius 3 is 2.65 bits per heavy atom. The fraction of sp³-hybridized carbons (Fsp3) is 0.941. The van der Waals surface area contributed by atoms with E-state index in [0.29, 0.717) is 11.5 Å². The van der Waals surface area contributed by atoms with Crippen LogP contribution in [0.5, 0.6) is 0 Å². The molecule has 0 saturated heterocycles. The van der Waals surface area contributed by atoms with Gasteiger partial charge in [0.15, 0.2) is 5.17 Å². The fourth-order valence-corrected chi connectivity index (χ4v) is 5.64. The van der Waals surface area contributed by atoms with E-state index in [0.717, 1.165) is 18.4 Å². The summed E-state index contributed by atoms with van der Waals surface area (Å²) in [6.07, 6.45) is 11.2. The highest BCUT2D eigenvalue weighted by Gasteiger charge is 2.37. The maximum absolute atomic E-state index is 4.92. The van der Waals surface area contributed by atoms with E-state index >= 15 is 0 Å². The van der Waals surface area contributed by atoms with Gasteiger partial charge in [-0.1, -0.05) is 51.3 Å². The molecule has 0 aromatic heterocycles. The third-order valence-corrected chi connectivity index (χ3v) is 7.32. The molecule has 2 fully saturated rings. The Labute approximate surface area is 128 Å². The minimum Gasteiger partial charge on any atom is -0.362 e. The van der Waals surface area contributed by atoms with Crippen molar-refractivity contribution < 1.29 is 0 Å². The molecule has 2 nitrogen and oxygen atoms in total. The number of aliphatic imine (C=N–C) groups is 1. The molecule has 0 radical (unpaired) electrons. The molecule has 2 saturated carbocycles. The predicted molar refractivity (Wildman–Crippen MR) is 89.4 cm³/mol. The number of nitrogens with zero attached hydrogens (tertiary/aromatic N) is 1. The summed E-state index contributed by atoms with van der Waals surface area (Å²) in [5, 5.41) is 5.01. The van der Waals surface area contributed by atoms with Crippen LogP contribution in [0.2, 0.25) is 0 Å². The zero-order valence-corrected chi connectivity index (χ0v) is 14.0. The third kappa shape index (κ3) is 3.03. The molecule has 3 unspecified atom stereocenters. The maximum Gasteiger partial charge on any atom is 0.156 e. The summed E-state index contributed by atoms with van der Waals surface area (Å²) < 4.78 is 0. The van der Waals surface area contributed by atoms with Crippen molar-refractivity contribution >= 4 is 16.9 Å². The predicted octanol–water partition coefficient (Wildman–Crippen LogP) is 4.45. The van der Waals surface area contributed by atoms with Gasteiger partial charge in [-0.25, -0.2) is 0 Å². The molecule has 1 aliphatic heterocycles. The summed E-state index contributed by atoms with van der Waals surface area (Å²) in [6.45, 7) is 5.85. The largest absolute Gasteiger partial charge is 0.362 e. The van der Waals surface area contributed by atoms with Crippen molar-refractivity contribution in [2.24, 2.45) is 22.2 Å². The third-order valence-electron chi connectivity index (χ3n) is 6.05. The lowest BCUT2D eigenvalue weighted by Crippen LogP contribution is -2.41. The minimum atomic E-state index is 0.557. The van der Waals surface area contributed by atoms with Crippen molar-refractivity contribution in [2.75, 3.05) is 12.3 Å². The fourth-order valence-electron chi connectivity index (χ4n) is 4.43. The Hall–Kier alpha value is -0.180. The number of rotatable bonds is 2. The molecule has 3 atom stereocenters. The number of hydrogen-bond acceptors (Lipinski definition) is 3. The molecule has 1 spiro atoms. The number of nitrogens with one attached hydrogen (secondary N) is 1. The highest BCUT2D eigenvalue weighted by Crippen LogP contribution is 2.42. The quantitative estimate of drug-likeness (QED) is 0.813. The number of amidine groups is 1. The molecule has 3 aliphatic rings. The van der Waals surface area contributed by atoms with Crippen molar-refractivity contribution in [1.29, 1.82) is 0 Å². The van der Waals surface area contributed by atoms with Crippen molar-refractivity contribution in [3.05, 3.63) is 0 Å². The SMILES string of the molecule is CCC1CCC(NC2=NCC3(CCCCC3)CS2)C1C. The second-order valence-corrected chi connectivity index (χ2v) is 8.29. The van der Waals surface area contributed by atoms with Gasteiger partial charge in [0.05, 0.1) is 0 Å². The Bertz CT molecular complexity index is 360. The van der Waals surface area contributed by atoms with Crippen LogP contribution in [0.3, 0.4) is 0 Å². The van der Waals surface area contributed by atoms with Gasteiger partial charge in [-0.15, -0.1) is 0 Å². The Morgan fingerprint density at radius 2 is 2.05 bits per heavy atom. The second-order valence-electron chi connectivity index (χ2n) is 7.33. The van der Waals surface area contributed by atoms with Gasteiger partial charge in [-0.2, -0.15) is 0 Å². The lowest BCUT2D eigenvalue weighted by atomic mass is 9.75. The van der Waals surface area contributed by atoms with E-state index in [1.165, 1.54) is 62.3 Å². The van der Waals surface area contributed by atoms with Crippen LogP contribution < -0.4 is 5.32 Å². The summed E-state index contributed by atoms with van der Waals surface area (Å²) >= 11 is 2.01. The van der Waals surface area contributed by atoms with Crippen molar-refractivity contribution in [2.45, 2.75) is 71.3 Å². The van der Waals surface area contributed by atoms with Gasteiger partial charge >= 0.3 is 0 Å². The summed E-state index contributed by atoms with van der Waals surface area (Å²) in [5.41, 5.74) is 0.557. The van der Waals surface area contributed by atoms with E-state index in [9.17, 15) is 0 Å². The highest BCUT2D eigenvalue weighted by molar-refractivity contribution is 8.13. The molecule has 0 aromatic rings. The average molecular weight is 295 g/mol. The van der Waals surface area contributed by atoms with E-state index in [1.54, 1.807) is 0 Å². The van der Waals surface area contributed by atoms with Crippen LogP contribution in [-0.4, -0.2) is 23.5 Å².